The van der Waals surface area contributed by atoms with E-state index in [1.54, 1.807) is 33.5 Å². The van der Waals surface area contributed by atoms with Crippen LogP contribution in [0.25, 0.3) is 22.3 Å². The van der Waals surface area contributed by atoms with Crippen molar-refractivity contribution in [3.05, 3.63) is 42.0 Å². The molecule has 0 aliphatic heterocycles. The number of fused-ring (bicyclic) bond motifs is 1. The molecule has 0 saturated carbocycles. The summed E-state index contributed by atoms with van der Waals surface area (Å²) in [7, 11) is 4.73. The molecule has 24 heavy (non-hydrogen) atoms. The number of hydrogen-bond donors (Lipinski definition) is 0. The number of rotatable bonds is 5. The fraction of sp³-hybridized carbons (Fsp3) is 0.211. The largest absolute Gasteiger partial charge is 0.497 e. The number of carbonyl (C=O) groups is 1. The van der Waals surface area contributed by atoms with Gasteiger partial charge in [-0.2, -0.15) is 0 Å². The standard InChI is InChI=1S/C19H18O5/c1-11(20)17-18-15(23-4)9-14(22-3)10-16(18)24-19(17)12-5-7-13(21-2)8-6-12/h5-10H,1-4H3. The van der Waals surface area contributed by atoms with Gasteiger partial charge in [-0.25, -0.2) is 0 Å². The molecule has 0 unspecified atom stereocenters. The van der Waals surface area contributed by atoms with E-state index < -0.39 is 0 Å². The van der Waals surface area contributed by atoms with Crippen LogP contribution in [-0.2, 0) is 0 Å². The van der Waals surface area contributed by atoms with Crippen molar-refractivity contribution in [1.82, 2.24) is 0 Å². The molecular formula is C19H18O5. The van der Waals surface area contributed by atoms with Gasteiger partial charge in [0.05, 0.1) is 32.3 Å². The Kier molecular flexibility index (Phi) is 4.16. The summed E-state index contributed by atoms with van der Waals surface area (Å²) in [6.45, 7) is 1.51. The minimum Gasteiger partial charge on any atom is -0.497 e. The van der Waals surface area contributed by atoms with Crippen molar-refractivity contribution >= 4 is 16.8 Å². The summed E-state index contributed by atoms with van der Waals surface area (Å²) in [4.78, 5) is 12.3. The molecule has 3 rings (SSSR count). The smallest absolute Gasteiger partial charge is 0.164 e. The second-order valence-electron chi connectivity index (χ2n) is 5.29. The van der Waals surface area contributed by atoms with Crippen molar-refractivity contribution in [3.8, 4) is 28.6 Å². The molecule has 0 amide bonds. The maximum absolute atomic E-state index is 12.3. The van der Waals surface area contributed by atoms with Gasteiger partial charge >= 0.3 is 0 Å². The summed E-state index contributed by atoms with van der Waals surface area (Å²) in [6.07, 6.45) is 0. The highest BCUT2D eigenvalue weighted by molar-refractivity contribution is 6.13. The van der Waals surface area contributed by atoms with Crippen molar-refractivity contribution < 1.29 is 23.4 Å². The lowest BCUT2D eigenvalue weighted by atomic mass is 10.0. The Morgan fingerprint density at radius 1 is 0.917 bits per heavy atom. The van der Waals surface area contributed by atoms with Crippen LogP contribution < -0.4 is 14.2 Å². The van der Waals surface area contributed by atoms with Crippen LogP contribution in [0.15, 0.2) is 40.8 Å². The van der Waals surface area contributed by atoms with Gasteiger partial charge in [-0.15, -0.1) is 0 Å². The van der Waals surface area contributed by atoms with E-state index in [-0.39, 0.29) is 5.78 Å². The van der Waals surface area contributed by atoms with Crippen molar-refractivity contribution in [2.45, 2.75) is 6.92 Å². The molecule has 5 heteroatoms. The number of ketones is 1. The van der Waals surface area contributed by atoms with Gasteiger partial charge in [0.15, 0.2) is 5.78 Å². The first-order valence-corrected chi connectivity index (χ1v) is 7.43. The number of hydrogen-bond acceptors (Lipinski definition) is 5. The number of furan rings is 1. The first-order chi connectivity index (χ1) is 11.6. The number of Topliss-reactive ketones (excluding diaryl/α,β-unsaturated/α-hetero) is 1. The average Bonchev–Trinajstić information content (AvgIpc) is 3.00. The minimum atomic E-state index is -0.0944. The van der Waals surface area contributed by atoms with Crippen LogP contribution in [0, 0.1) is 0 Å². The molecule has 2 aromatic carbocycles. The van der Waals surface area contributed by atoms with Gasteiger partial charge in [0.25, 0.3) is 0 Å². The second kappa shape index (κ2) is 6.28. The lowest BCUT2D eigenvalue weighted by Crippen LogP contribution is -1.95. The first kappa shape index (κ1) is 15.9. The van der Waals surface area contributed by atoms with Crippen LogP contribution in [0.4, 0.5) is 0 Å². The monoisotopic (exact) mass is 326 g/mol. The van der Waals surface area contributed by atoms with Crippen molar-refractivity contribution in [2.24, 2.45) is 0 Å². The van der Waals surface area contributed by atoms with E-state index in [1.807, 2.05) is 24.3 Å². The molecular weight excluding hydrogens is 308 g/mol. The topological polar surface area (TPSA) is 57.9 Å². The van der Waals surface area contributed by atoms with E-state index >= 15 is 0 Å². The van der Waals surface area contributed by atoms with Crippen LogP contribution in [0.3, 0.4) is 0 Å². The molecule has 0 saturated heterocycles. The molecule has 0 fully saturated rings. The van der Waals surface area contributed by atoms with Crippen LogP contribution in [0.2, 0.25) is 0 Å². The summed E-state index contributed by atoms with van der Waals surface area (Å²) >= 11 is 0. The number of methoxy groups -OCH3 is 3. The van der Waals surface area contributed by atoms with E-state index in [9.17, 15) is 4.79 Å². The maximum atomic E-state index is 12.3. The Labute approximate surface area is 139 Å². The SMILES string of the molecule is COc1ccc(-c2oc3cc(OC)cc(OC)c3c2C(C)=O)cc1. The van der Waals surface area contributed by atoms with Crippen molar-refractivity contribution in [2.75, 3.05) is 21.3 Å². The van der Waals surface area contributed by atoms with Crippen LogP contribution in [0.1, 0.15) is 17.3 Å². The molecule has 1 aromatic heterocycles. The quantitative estimate of drug-likeness (QED) is 0.653. The van der Waals surface area contributed by atoms with Gasteiger partial charge in [0.2, 0.25) is 0 Å². The van der Waals surface area contributed by atoms with Gasteiger partial charge in [-0.1, -0.05) is 0 Å². The summed E-state index contributed by atoms with van der Waals surface area (Å²) in [5.41, 5.74) is 1.83. The Morgan fingerprint density at radius 2 is 1.58 bits per heavy atom. The summed E-state index contributed by atoms with van der Waals surface area (Å²) in [5, 5.41) is 0.650. The molecule has 3 aromatic rings. The zero-order chi connectivity index (χ0) is 17.3. The highest BCUT2D eigenvalue weighted by Crippen LogP contribution is 2.41. The van der Waals surface area contributed by atoms with Gasteiger partial charge in [0.1, 0.15) is 28.6 Å². The number of ether oxygens (including phenoxy) is 3. The average molecular weight is 326 g/mol. The third-order valence-electron chi connectivity index (χ3n) is 3.89. The van der Waals surface area contributed by atoms with Crippen LogP contribution >= 0.6 is 0 Å². The fourth-order valence-corrected chi connectivity index (χ4v) is 2.73. The third-order valence-corrected chi connectivity index (χ3v) is 3.89. The lowest BCUT2D eigenvalue weighted by Gasteiger charge is -2.06. The zero-order valence-electron chi connectivity index (χ0n) is 14.0. The Hall–Kier alpha value is -2.95. The second-order valence-corrected chi connectivity index (χ2v) is 5.29. The Morgan fingerprint density at radius 3 is 2.12 bits per heavy atom. The lowest BCUT2D eigenvalue weighted by molar-refractivity contribution is 0.101. The molecule has 124 valence electrons. The molecule has 0 spiro atoms. The molecule has 0 bridgehead atoms. The van der Waals surface area contributed by atoms with Gasteiger partial charge in [0, 0.05) is 17.7 Å². The normalized spacial score (nSPS) is 10.7. The Bertz CT molecular complexity index is 890. The first-order valence-electron chi connectivity index (χ1n) is 7.43. The Balaban J connectivity index is 2.30. The summed E-state index contributed by atoms with van der Waals surface area (Å²) in [5.74, 6) is 2.29. The fourth-order valence-electron chi connectivity index (χ4n) is 2.73. The molecule has 0 radical (unpaired) electrons. The molecule has 5 nitrogen and oxygen atoms in total. The number of carbonyl (C=O) groups excluding carboxylic acids is 1. The van der Waals surface area contributed by atoms with E-state index in [1.165, 1.54) is 6.92 Å². The van der Waals surface area contributed by atoms with E-state index in [2.05, 4.69) is 0 Å². The predicted octanol–water partition coefficient (Wildman–Crippen LogP) is 4.33. The van der Waals surface area contributed by atoms with Crippen LogP contribution in [0.5, 0.6) is 17.2 Å². The summed E-state index contributed by atoms with van der Waals surface area (Å²) < 4.78 is 21.9. The van der Waals surface area contributed by atoms with Gasteiger partial charge in [-0.3, -0.25) is 4.79 Å². The van der Waals surface area contributed by atoms with Crippen molar-refractivity contribution in [3.63, 3.8) is 0 Å². The maximum Gasteiger partial charge on any atom is 0.164 e. The van der Waals surface area contributed by atoms with Gasteiger partial charge in [-0.05, 0) is 31.2 Å². The van der Waals surface area contributed by atoms with Crippen molar-refractivity contribution in [1.29, 1.82) is 0 Å². The molecule has 0 aliphatic rings. The molecule has 0 N–H and O–H groups in total. The van der Waals surface area contributed by atoms with Crippen LogP contribution in [-0.4, -0.2) is 27.1 Å². The zero-order valence-corrected chi connectivity index (χ0v) is 14.0. The molecule has 1 heterocycles. The summed E-state index contributed by atoms with van der Waals surface area (Å²) in [6, 6.07) is 10.8. The number of benzene rings is 2. The van der Waals surface area contributed by atoms with E-state index in [4.69, 9.17) is 18.6 Å². The predicted molar refractivity (Wildman–Crippen MR) is 91.3 cm³/mol. The molecule has 0 atom stereocenters. The highest BCUT2D eigenvalue weighted by atomic mass is 16.5. The minimum absolute atomic E-state index is 0.0944. The third kappa shape index (κ3) is 2.58. The van der Waals surface area contributed by atoms with Gasteiger partial charge < -0.3 is 18.6 Å². The van der Waals surface area contributed by atoms with E-state index in [0.717, 1.165) is 11.3 Å². The molecule has 0 aliphatic carbocycles. The van der Waals surface area contributed by atoms with E-state index in [0.29, 0.717) is 33.8 Å². The highest BCUT2D eigenvalue weighted by Gasteiger charge is 2.23.